The largest absolute Gasteiger partial charge is 0.392 e. The average Bonchev–Trinajstić information content (AvgIpc) is 2.16. The monoisotopic (exact) mass is 227 g/mol. The van der Waals surface area contributed by atoms with E-state index in [0.29, 0.717) is 11.3 Å². The van der Waals surface area contributed by atoms with Crippen LogP contribution in [0.3, 0.4) is 0 Å². The van der Waals surface area contributed by atoms with E-state index in [0.717, 1.165) is 13.1 Å². The van der Waals surface area contributed by atoms with Crippen molar-refractivity contribution < 1.29 is 5.11 Å². The highest BCUT2D eigenvalue weighted by atomic mass is 16.3. The smallest absolute Gasteiger partial charge is 0.0695 e. The van der Waals surface area contributed by atoms with Gasteiger partial charge in [-0.2, -0.15) is 0 Å². The number of likely N-dealkylation sites (N-methyl/N-ethyl adjacent to an activating group) is 1. The molecule has 0 bridgehead atoms. The summed E-state index contributed by atoms with van der Waals surface area (Å²) in [6, 6.07) is 0. The predicted molar refractivity (Wildman–Crippen MR) is 69.5 cm³/mol. The molecule has 0 saturated heterocycles. The van der Waals surface area contributed by atoms with Crippen LogP contribution < -0.4 is 0 Å². The molecule has 0 aromatic carbocycles. The molecule has 1 atom stereocenters. The minimum absolute atomic E-state index is 0.118. The van der Waals surface area contributed by atoms with Crippen molar-refractivity contribution in [3.05, 3.63) is 0 Å². The van der Waals surface area contributed by atoms with Crippen molar-refractivity contribution in [3.63, 3.8) is 0 Å². The van der Waals surface area contributed by atoms with Gasteiger partial charge in [0, 0.05) is 13.1 Å². The van der Waals surface area contributed by atoms with Crippen molar-refractivity contribution in [2.75, 3.05) is 20.1 Å². The normalized spacial score (nSPS) is 21.4. The van der Waals surface area contributed by atoms with Gasteiger partial charge in [-0.3, -0.25) is 0 Å². The third-order valence-corrected chi connectivity index (χ3v) is 3.44. The van der Waals surface area contributed by atoms with E-state index in [1.54, 1.807) is 0 Å². The molecular weight excluding hydrogens is 198 g/mol. The van der Waals surface area contributed by atoms with Crippen LogP contribution in [-0.2, 0) is 0 Å². The highest BCUT2D eigenvalue weighted by Gasteiger charge is 2.23. The van der Waals surface area contributed by atoms with Crippen molar-refractivity contribution >= 4 is 0 Å². The zero-order valence-electron chi connectivity index (χ0n) is 11.5. The lowest BCUT2D eigenvalue weighted by molar-refractivity contribution is 0.0467. The molecule has 0 amide bonds. The lowest BCUT2D eigenvalue weighted by Gasteiger charge is -2.32. The van der Waals surface area contributed by atoms with Crippen LogP contribution >= 0.6 is 0 Å². The molecule has 2 heteroatoms. The van der Waals surface area contributed by atoms with Crippen LogP contribution in [0, 0.1) is 11.3 Å². The Morgan fingerprint density at radius 1 is 1.19 bits per heavy atom. The SMILES string of the molecule is CN(CC(O)C1CCCCC1)CC(C)(C)C. The van der Waals surface area contributed by atoms with Crippen molar-refractivity contribution in [2.45, 2.75) is 59.0 Å². The van der Waals surface area contributed by atoms with Gasteiger partial charge in [-0.05, 0) is 31.2 Å². The van der Waals surface area contributed by atoms with Crippen LogP contribution in [0.25, 0.3) is 0 Å². The van der Waals surface area contributed by atoms with E-state index in [9.17, 15) is 5.11 Å². The summed E-state index contributed by atoms with van der Waals surface area (Å²) in [6.45, 7) is 8.63. The number of hydrogen-bond acceptors (Lipinski definition) is 2. The minimum atomic E-state index is -0.118. The predicted octanol–water partition coefficient (Wildman–Crippen LogP) is 2.91. The maximum absolute atomic E-state index is 10.2. The lowest BCUT2D eigenvalue weighted by Crippen LogP contribution is -2.38. The first-order valence-corrected chi connectivity index (χ1v) is 6.75. The molecule has 0 aliphatic heterocycles. The molecule has 0 heterocycles. The first-order valence-electron chi connectivity index (χ1n) is 6.75. The Balaban J connectivity index is 2.29. The van der Waals surface area contributed by atoms with E-state index >= 15 is 0 Å². The maximum atomic E-state index is 10.2. The minimum Gasteiger partial charge on any atom is -0.392 e. The highest BCUT2D eigenvalue weighted by molar-refractivity contribution is 4.76. The topological polar surface area (TPSA) is 23.5 Å². The van der Waals surface area contributed by atoms with Crippen LogP contribution in [0.1, 0.15) is 52.9 Å². The van der Waals surface area contributed by atoms with Crippen LogP contribution in [0.15, 0.2) is 0 Å². The second kappa shape index (κ2) is 6.02. The summed E-state index contributed by atoms with van der Waals surface area (Å²) in [5, 5.41) is 10.2. The van der Waals surface area contributed by atoms with Crippen molar-refractivity contribution in [2.24, 2.45) is 11.3 Å². The van der Waals surface area contributed by atoms with E-state index in [1.165, 1.54) is 32.1 Å². The Morgan fingerprint density at radius 2 is 1.75 bits per heavy atom. The van der Waals surface area contributed by atoms with Gasteiger partial charge in [0.2, 0.25) is 0 Å². The molecule has 1 aliphatic carbocycles. The lowest BCUT2D eigenvalue weighted by atomic mass is 9.85. The van der Waals surface area contributed by atoms with Crippen LogP contribution in [0.5, 0.6) is 0 Å². The first-order chi connectivity index (χ1) is 7.38. The molecule has 1 unspecified atom stereocenters. The quantitative estimate of drug-likeness (QED) is 0.798. The number of rotatable bonds is 4. The third-order valence-electron chi connectivity index (χ3n) is 3.44. The van der Waals surface area contributed by atoms with Crippen LogP contribution in [-0.4, -0.2) is 36.2 Å². The van der Waals surface area contributed by atoms with E-state index in [1.807, 2.05) is 0 Å². The molecule has 96 valence electrons. The number of nitrogens with zero attached hydrogens (tertiary/aromatic N) is 1. The van der Waals surface area contributed by atoms with Gasteiger partial charge in [0.1, 0.15) is 0 Å². The van der Waals surface area contributed by atoms with Gasteiger partial charge in [0.15, 0.2) is 0 Å². The molecule has 1 fully saturated rings. The zero-order chi connectivity index (χ0) is 12.2. The Hall–Kier alpha value is -0.0800. The van der Waals surface area contributed by atoms with Gasteiger partial charge in [-0.1, -0.05) is 40.0 Å². The Kier molecular flexibility index (Phi) is 5.26. The molecule has 0 spiro atoms. The van der Waals surface area contributed by atoms with Crippen LogP contribution in [0.2, 0.25) is 0 Å². The van der Waals surface area contributed by atoms with Gasteiger partial charge in [0.05, 0.1) is 6.10 Å². The number of aliphatic hydroxyl groups excluding tert-OH is 1. The Labute approximate surface area is 101 Å². The van der Waals surface area contributed by atoms with Crippen molar-refractivity contribution in [1.29, 1.82) is 0 Å². The second-order valence-electron chi connectivity index (χ2n) is 6.72. The van der Waals surface area contributed by atoms with Gasteiger partial charge < -0.3 is 10.0 Å². The summed E-state index contributed by atoms with van der Waals surface area (Å²) in [7, 11) is 2.12. The fourth-order valence-electron chi connectivity index (χ4n) is 2.86. The molecule has 0 aromatic heterocycles. The molecular formula is C14H29NO. The Bertz CT molecular complexity index is 191. The fraction of sp³-hybridized carbons (Fsp3) is 1.00. The second-order valence-corrected chi connectivity index (χ2v) is 6.72. The number of aliphatic hydroxyl groups is 1. The summed E-state index contributed by atoms with van der Waals surface area (Å²) in [4.78, 5) is 2.28. The Morgan fingerprint density at radius 3 is 2.25 bits per heavy atom. The van der Waals surface area contributed by atoms with E-state index in [-0.39, 0.29) is 6.10 Å². The average molecular weight is 227 g/mol. The maximum Gasteiger partial charge on any atom is 0.0695 e. The van der Waals surface area contributed by atoms with Gasteiger partial charge in [-0.15, -0.1) is 0 Å². The third kappa shape index (κ3) is 5.31. The molecule has 16 heavy (non-hydrogen) atoms. The van der Waals surface area contributed by atoms with E-state index in [2.05, 4.69) is 32.7 Å². The van der Waals surface area contributed by atoms with Crippen LogP contribution in [0.4, 0.5) is 0 Å². The molecule has 1 saturated carbocycles. The summed E-state index contributed by atoms with van der Waals surface area (Å²) in [5.41, 5.74) is 0.320. The molecule has 0 radical (unpaired) electrons. The zero-order valence-corrected chi connectivity index (χ0v) is 11.5. The number of hydrogen-bond donors (Lipinski definition) is 1. The fourth-order valence-corrected chi connectivity index (χ4v) is 2.86. The summed E-state index contributed by atoms with van der Waals surface area (Å²) < 4.78 is 0. The standard InChI is InChI=1S/C14H29NO/c1-14(2,3)11-15(4)10-13(16)12-8-6-5-7-9-12/h12-13,16H,5-11H2,1-4H3. The summed E-state index contributed by atoms with van der Waals surface area (Å²) in [6.07, 6.45) is 6.32. The first kappa shape index (κ1) is 14.0. The molecule has 1 aliphatic rings. The van der Waals surface area contributed by atoms with Gasteiger partial charge in [-0.25, -0.2) is 0 Å². The van der Waals surface area contributed by atoms with Gasteiger partial charge >= 0.3 is 0 Å². The molecule has 2 nitrogen and oxygen atoms in total. The molecule has 1 rings (SSSR count). The highest BCUT2D eigenvalue weighted by Crippen LogP contribution is 2.27. The molecule has 0 aromatic rings. The van der Waals surface area contributed by atoms with E-state index < -0.39 is 0 Å². The molecule has 1 N–H and O–H groups in total. The van der Waals surface area contributed by atoms with Gasteiger partial charge in [0.25, 0.3) is 0 Å². The summed E-state index contributed by atoms with van der Waals surface area (Å²) >= 11 is 0. The summed E-state index contributed by atoms with van der Waals surface area (Å²) in [5.74, 6) is 0.552. The van der Waals surface area contributed by atoms with E-state index in [4.69, 9.17) is 0 Å². The van der Waals surface area contributed by atoms with Crippen molar-refractivity contribution in [1.82, 2.24) is 4.90 Å². The van der Waals surface area contributed by atoms with Crippen molar-refractivity contribution in [3.8, 4) is 0 Å².